The largest absolute Gasteiger partial charge is 0.480 e. The first-order valence-electron chi connectivity index (χ1n) is 5.70. The number of hydrogen-bond acceptors (Lipinski definition) is 5. The molecule has 0 spiro atoms. The first-order valence-corrected chi connectivity index (χ1v) is 6.47. The number of carbonyl (C=O) groups is 1. The molecule has 0 radical (unpaired) electrons. The Balaban J connectivity index is 2.83. The predicted octanol–water partition coefficient (Wildman–Crippen LogP) is 2.21. The van der Waals surface area contributed by atoms with E-state index in [2.05, 4.69) is 23.2 Å². The zero-order chi connectivity index (χ0) is 13.0. The summed E-state index contributed by atoms with van der Waals surface area (Å²) in [7, 11) is 0. The molecule has 0 amide bonds. The first-order chi connectivity index (χ1) is 7.90. The van der Waals surface area contributed by atoms with Gasteiger partial charge in [0.25, 0.3) is 0 Å². The van der Waals surface area contributed by atoms with Crippen molar-refractivity contribution in [2.45, 2.75) is 33.6 Å². The predicted molar refractivity (Wildman–Crippen MR) is 68.7 cm³/mol. The normalized spacial score (nSPS) is 11.2. The van der Waals surface area contributed by atoms with Gasteiger partial charge in [-0.2, -0.15) is 4.37 Å². The fraction of sp³-hybridized carbons (Fsp3) is 0.727. The number of anilines is 1. The van der Waals surface area contributed by atoms with Gasteiger partial charge in [-0.15, -0.1) is 0 Å². The summed E-state index contributed by atoms with van der Waals surface area (Å²) in [6.07, 6.45) is 0. The van der Waals surface area contributed by atoms with Crippen molar-refractivity contribution in [3.8, 4) is 0 Å². The van der Waals surface area contributed by atoms with Gasteiger partial charge in [-0.05, 0) is 5.92 Å². The van der Waals surface area contributed by atoms with Gasteiger partial charge < -0.3 is 10.0 Å². The summed E-state index contributed by atoms with van der Waals surface area (Å²) in [5.74, 6) is 0.600. The van der Waals surface area contributed by atoms with Crippen LogP contribution in [0.2, 0.25) is 0 Å². The van der Waals surface area contributed by atoms with Crippen LogP contribution in [0.25, 0.3) is 0 Å². The molecular weight excluding hydrogens is 238 g/mol. The van der Waals surface area contributed by atoms with E-state index in [4.69, 9.17) is 5.11 Å². The molecule has 0 saturated carbocycles. The van der Waals surface area contributed by atoms with E-state index < -0.39 is 5.97 Å². The standard InChI is InChI=1S/C11H19N3O2S/c1-7(2)5-14(6-9(15)16)11-12-10(8(3)4)13-17-11/h7-8H,5-6H2,1-4H3,(H,15,16). The van der Waals surface area contributed by atoms with Gasteiger partial charge in [0.05, 0.1) is 0 Å². The monoisotopic (exact) mass is 257 g/mol. The van der Waals surface area contributed by atoms with Gasteiger partial charge in [0.15, 0.2) is 0 Å². The van der Waals surface area contributed by atoms with Crippen LogP contribution in [-0.4, -0.2) is 33.5 Å². The summed E-state index contributed by atoms with van der Waals surface area (Å²) in [6.45, 7) is 8.81. The van der Waals surface area contributed by atoms with Crippen LogP contribution in [0.4, 0.5) is 5.13 Å². The number of aromatic nitrogens is 2. The van der Waals surface area contributed by atoms with E-state index >= 15 is 0 Å². The van der Waals surface area contributed by atoms with Crippen molar-refractivity contribution >= 4 is 22.6 Å². The van der Waals surface area contributed by atoms with Crippen LogP contribution in [-0.2, 0) is 4.79 Å². The maximum atomic E-state index is 10.8. The van der Waals surface area contributed by atoms with Gasteiger partial charge >= 0.3 is 5.97 Å². The maximum Gasteiger partial charge on any atom is 0.323 e. The minimum atomic E-state index is -0.841. The quantitative estimate of drug-likeness (QED) is 0.846. The summed E-state index contributed by atoms with van der Waals surface area (Å²) < 4.78 is 4.25. The minimum absolute atomic E-state index is 0.0229. The lowest BCUT2D eigenvalue weighted by Gasteiger charge is -2.21. The Morgan fingerprint density at radius 3 is 2.47 bits per heavy atom. The van der Waals surface area contributed by atoms with Gasteiger partial charge in [0.1, 0.15) is 12.4 Å². The Morgan fingerprint density at radius 1 is 1.41 bits per heavy atom. The number of carboxylic acid groups (broad SMARTS) is 1. The maximum absolute atomic E-state index is 10.8. The second kappa shape index (κ2) is 5.95. The van der Waals surface area contributed by atoms with Crippen molar-refractivity contribution in [3.63, 3.8) is 0 Å². The van der Waals surface area contributed by atoms with Crippen LogP contribution in [0.15, 0.2) is 0 Å². The van der Waals surface area contributed by atoms with Gasteiger partial charge in [-0.25, -0.2) is 4.98 Å². The molecule has 0 atom stereocenters. The second-order valence-electron chi connectivity index (χ2n) is 4.76. The summed E-state index contributed by atoms with van der Waals surface area (Å²) in [5, 5.41) is 9.59. The van der Waals surface area contributed by atoms with Gasteiger partial charge in [-0.1, -0.05) is 27.7 Å². The van der Waals surface area contributed by atoms with Gasteiger partial charge in [0.2, 0.25) is 5.13 Å². The molecule has 1 rings (SSSR count). The molecule has 0 aromatic carbocycles. The van der Waals surface area contributed by atoms with Crippen LogP contribution < -0.4 is 4.90 Å². The molecule has 0 saturated heterocycles. The minimum Gasteiger partial charge on any atom is -0.480 e. The van der Waals surface area contributed by atoms with E-state index in [1.165, 1.54) is 11.5 Å². The zero-order valence-electron chi connectivity index (χ0n) is 10.7. The van der Waals surface area contributed by atoms with Crippen LogP contribution in [0, 0.1) is 5.92 Å². The summed E-state index contributed by atoms with van der Waals surface area (Å²) in [4.78, 5) is 17.0. The van der Waals surface area contributed by atoms with Crippen molar-refractivity contribution < 1.29 is 9.90 Å². The number of carboxylic acids is 1. The fourth-order valence-corrected chi connectivity index (χ4v) is 2.22. The van der Waals surface area contributed by atoms with E-state index in [0.29, 0.717) is 17.6 Å². The molecule has 17 heavy (non-hydrogen) atoms. The van der Waals surface area contributed by atoms with Gasteiger partial charge in [-0.3, -0.25) is 4.79 Å². The van der Waals surface area contributed by atoms with Crippen LogP contribution in [0.3, 0.4) is 0 Å². The van der Waals surface area contributed by atoms with Crippen molar-refractivity contribution in [2.75, 3.05) is 18.0 Å². The summed E-state index contributed by atoms with van der Waals surface area (Å²) in [6, 6.07) is 0. The average Bonchev–Trinajstić information content (AvgIpc) is 2.63. The van der Waals surface area contributed by atoms with E-state index in [0.717, 1.165) is 5.82 Å². The molecule has 6 heteroatoms. The number of hydrogen-bond donors (Lipinski definition) is 1. The lowest BCUT2D eigenvalue weighted by Crippen LogP contribution is -2.32. The second-order valence-corrected chi connectivity index (χ2v) is 5.49. The lowest BCUT2D eigenvalue weighted by atomic mass is 10.2. The molecular formula is C11H19N3O2S. The Labute approximate surface area is 106 Å². The van der Waals surface area contributed by atoms with E-state index in [1.54, 1.807) is 4.90 Å². The smallest absolute Gasteiger partial charge is 0.323 e. The molecule has 1 aromatic rings. The topological polar surface area (TPSA) is 66.3 Å². The highest BCUT2D eigenvalue weighted by atomic mass is 32.1. The van der Waals surface area contributed by atoms with Crippen LogP contribution in [0.1, 0.15) is 39.4 Å². The number of nitrogens with zero attached hydrogens (tertiary/aromatic N) is 3. The molecule has 0 bridgehead atoms. The van der Waals surface area contributed by atoms with Gasteiger partial charge in [0, 0.05) is 24.0 Å². The Morgan fingerprint density at radius 2 is 2.06 bits per heavy atom. The Hall–Kier alpha value is -1.17. The van der Waals surface area contributed by atoms with Crippen LogP contribution >= 0.6 is 11.5 Å². The molecule has 0 fully saturated rings. The molecule has 96 valence electrons. The molecule has 0 unspecified atom stereocenters. The van der Waals surface area contributed by atoms with Crippen LogP contribution in [0.5, 0.6) is 0 Å². The van der Waals surface area contributed by atoms with E-state index in [1.807, 2.05) is 13.8 Å². The van der Waals surface area contributed by atoms with E-state index in [9.17, 15) is 4.79 Å². The Bertz CT molecular complexity index is 377. The lowest BCUT2D eigenvalue weighted by molar-refractivity contribution is -0.135. The highest BCUT2D eigenvalue weighted by Gasteiger charge is 2.17. The number of rotatable bonds is 6. The Kier molecular flexibility index (Phi) is 4.86. The molecule has 5 nitrogen and oxygen atoms in total. The summed E-state index contributed by atoms with van der Waals surface area (Å²) >= 11 is 1.27. The first kappa shape index (κ1) is 13.9. The zero-order valence-corrected chi connectivity index (χ0v) is 11.5. The van der Waals surface area contributed by atoms with Crippen molar-refractivity contribution in [2.24, 2.45) is 5.92 Å². The molecule has 1 N–H and O–H groups in total. The number of aliphatic carboxylic acids is 1. The average molecular weight is 257 g/mol. The molecule has 1 aromatic heterocycles. The summed E-state index contributed by atoms with van der Waals surface area (Å²) in [5.41, 5.74) is 0. The third-order valence-corrected chi connectivity index (χ3v) is 2.92. The van der Waals surface area contributed by atoms with E-state index in [-0.39, 0.29) is 12.5 Å². The van der Waals surface area contributed by atoms with Crippen molar-refractivity contribution in [3.05, 3.63) is 5.82 Å². The van der Waals surface area contributed by atoms with Crippen molar-refractivity contribution in [1.29, 1.82) is 0 Å². The highest BCUT2D eigenvalue weighted by molar-refractivity contribution is 7.09. The highest BCUT2D eigenvalue weighted by Crippen LogP contribution is 2.22. The van der Waals surface area contributed by atoms with Crippen molar-refractivity contribution in [1.82, 2.24) is 9.36 Å². The molecule has 1 heterocycles. The third kappa shape index (κ3) is 4.30. The molecule has 0 aliphatic rings. The third-order valence-electron chi connectivity index (χ3n) is 2.13. The fourth-order valence-electron chi connectivity index (χ4n) is 1.40. The molecule has 0 aliphatic carbocycles. The SMILES string of the molecule is CC(C)CN(CC(=O)O)c1nc(C(C)C)ns1. The molecule has 0 aliphatic heterocycles.